The molecule has 0 saturated heterocycles. The summed E-state index contributed by atoms with van der Waals surface area (Å²) >= 11 is 0. The van der Waals surface area contributed by atoms with Crippen molar-refractivity contribution in [3.8, 4) is 35.3 Å². The number of carboxylic acids is 2. The van der Waals surface area contributed by atoms with E-state index in [2.05, 4.69) is 32.7 Å². The Morgan fingerprint density at radius 2 is 1.53 bits per heavy atom. The van der Waals surface area contributed by atoms with Gasteiger partial charge in [-0.2, -0.15) is 20.5 Å². The van der Waals surface area contributed by atoms with E-state index in [-0.39, 0.29) is 5.88 Å². The molecule has 0 radical (unpaired) electrons. The van der Waals surface area contributed by atoms with Crippen LogP contribution in [0.3, 0.4) is 0 Å². The molecule has 0 unspecified atom stereocenters. The fourth-order valence-electron chi connectivity index (χ4n) is 3.66. The highest BCUT2D eigenvalue weighted by Crippen LogP contribution is 2.45. The van der Waals surface area contributed by atoms with E-state index in [1.165, 1.54) is 7.11 Å². The Morgan fingerprint density at radius 1 is 0.884 bits per heavy atom. The van der Waals surface area contributed by atoms with Gasteiger partial charge in [0.05, 0.1) is 37.5 Å². The van der Waals surface area contributed by atoms with E-state index in [1.54, 1.807) is 61.7 Å². The maximum Gasteiger partial charge on any atom is 0.328 e. The van der Waals surface area contributed by atoms with Gasteiger partial charge in [-0.05, 0) is 60.8 Å². The Bertz CT molecular complexity index is 1730. The number of nitrogens with one attached hydrogen (secondary N) is 2. The first-order valence-electron chi connectivity index (χ1n) is 12.5. The molecule has 43 heavy (non-hydrogen) atoms. The number of ether oxygens (including phenoxy) is 3. The Kier molecular flexibility index (Phi) is 10.8. The average Bonchev–Trinajstić information content (AvgIpc) is 3.00. The van der Waals surface area contributed by atoms with E-state index in [4.69, 9.17) is 29.7 Å². The van der Waals surface area contributed by atoms with Crippen LogP contribution < -0.4 is 24.8 Å². The zero-order valence-electron chi connectivity index (χ0n) is 23.3. The number of anilines is 3. The van der Waals surface area contributed by atoms with Crippen molar-refractivity contribution >= 4 is 40.2 Å². The number of methoxy groups -OCH3 is 2. The minimum absolute atomic E-state index is 0.261. The van der Waals surface area contributed by atoms with E-state index >= 15 is 0 Å². The van der Waals surface area contributed by atoms with Crippen LogP contribution in [0.1, 0.15) is 18.1 Å². The molecule has 0 aliphatic carbocycles. The second-order valence-corrected chi connectivity index (χ2v) is 8.36. The van der Waals surface area contributed by atoms with Gasteiger partial charge in [0, 0.05) is 35.8 Å². The molecule has 3 aromatic carbocycles. The number of fused-ring (bicyclic) bond motifs is 1. The van der Waals surface area contributed by atoms with Gasteiger partial charge in [0.15, 0.2) is 11.5 Å². The Balaban J connectivity index is 0.000000557. The lowest BCUT2D eigenvalue weighted by molar-refractivity contribution is -0.134. The van der Waals surface area contributed by atoms with Crippen LogP contribution in [0.4, 0.5) is 17.5 Å². The van der Waals surface area contributed by atoms with E-state index < -0.39 is 11.9 Å². The summed E-state index contributed by atoms with van der Waals surface area (Å²) < 4.78 is 17.5. The van der Waals surface area contributed by atoms with Crippen LogP contribution in [-0.2, 0) is 9.59 Å². The van der Waals surface area contributed by atoms with Gasteiger partial charge in [-0.15, -0.1) is 0 Å². The van der Waals surface area contributed by atoms with Gasteiger partial charge in [0.1, 0.15) is 5.82 Å². The smallest absolute Gasteiger partial charge is 0.328 e. The largest absolute Gasteiger partial charge is 0.493 e. The van der Waals surface area contributed by atoms with Crippen LogP contribution >= 0.6 is 0 Å². The quantitative estimate of drug-likeness (QED) is 0.181. The van der Waals surface area contributed by atoms with Gasteiger partial charge in [-0.3, -0.25) is 0 Å². The topological polar surface area (TPSA) is 200 Å². The molecular formula is C30H26N6O7. The third kappa shape index (κ3) is 8.57. The molecule has 0 aliphatic heterocycles. The van der Waals surface area contributed by atoms with Crippen LogP contribution in [0.25, 0.3) is 10.8 Å². The number of nitrogens with zero attached hydrogens (tertiary/aromatic N) is 4. The third-order valence-electron chi connectivity index (χ3n) is 5.47. The number of benzene rings is 3. The molecule has 0 atom stereocenters. The Hall–Kier alpha value is -6.34. The molecular weight excluding hydrogens is 556 g/mol. The van der Waals surface area contributed by atoms with Gasteiger partial charge in [0.25, 0.3) is 0 Å². The van der Waals surface area contributed by atoms with Gasteiger partial charge in [-0.25, -0.2) is 9.59 Å². The zero-order chi connectivity index (χ0) is 31.4. The SMILES string of the molecule is CCNc1cc(Oc2c(OC)cc3cc(C#N)ccc3c2OC)nc(Nc2ccc(C#N)cc2)n1.O=C(O)/C=C\C(=O)O. The van der Waals surface area contributed by atoms with Crippen molar-refractivity contribution < 1.29 is 34.0 Å². The number of carbonyl (C=O) groups is 2. The minimum atomic E-state index is -1.26. The van der Waals surface area contributed by atoms with Crippen LogP contribution in [0, 0.1) is 22.7 Å². The number of hydrogen-bond donors (Lipinski definition) is 4. The summed E-state index contributed by atoms with van der Waals surface area (Å²) in [7, 11) is 3.07. The van der Waals surface area contributed by atoms with Gasteiger partial charge < -0.3 is 35.1 Å². The van der Waals surface area contributed by atoms with E-state index in [0.29, 0.717) is 58.8 Å². The summed E-state index contributed by atoms with van der Waals surface area (Å²) in [5.74, 6) is -0.163. The van der Waals surface area contributed by atoms with Crippen molar-refractivity contribution in [2.24, 2.45) is 0 Å². The van der Waals surface area contributed by atoms with Crippen molar-refractivity contribution in [3.05, 3.63) is 77.9 Å². The number of aromatic nitrogens is 2. The first-order chi connectivity index (χ1) is 20.7. The molecule has 0 aliphatic rings. The lowest BCUT2D eigenvalue weighted by Crippen LogP contribution is -2.05. The summed E-state index contributed by atoms with van der Waals surface area (Å²) in [6.07, 6.45) is 1.12. The molecule has 13 nitrogen and oxygen atoms in total. The lowest BCUT2D eigenvalue weighted by Gasteiger charge is -2.17. The van der Waals surface area contributed by atoms with E-state index in [9.17, 15) is 14.9 Å². The first kappa shape index (κ1) is 31.2. The van der Waals surface area contributed by atoms with Crippen molar-refractivity contribution in [1.29, 1.82) is 10.5 Å². The van der Waals surface area contributed by atoms with Crippen molar-refractivity contribution in [2.45, 2.75) is 6.92 Å². The molecule has 4 rings (SSSR count). The highest BCUT2D eigenvalue weighted by Gasteiger charge is 2.19. The van der Waals surface area contributed by atoms with Crippen LogP contribution in [0.2, 0.25) is 0 Å². The molecule has 0 fully saturated rings. The van der Waals surface area contributed by atoms with Crippen molar-refractivity contribution in [3.63, 3.8) is 0 Å². The molecule has 4 aromatic rings. The maximum atomic E-state index is 9.55. The molecule has 0 saturated carbocycles. The predicted molar refractivity (Wildman–Crippen MR) is 157 cm³/mol. The number of carboxylic acid groups (broad SMARTS) is 2. The van der Waals surface area contributed by atoms with Crippen molar-refractivity contribution in [1.82, 2.24) is 9.97 Å². The fraction of sp³-hybridized carbons (Fsp3) is 0.133. The summed E-state index contributed by atoms with van der Waals surface area (Å²) in [5.41, 5.74) is 1.80. The fourth-order valence-corrected chi connectivity index (χ4v) is 3.66. The molecule has 13 heteroatoms. The van der Waals surface area contributed by atoms with Gasteiger partial charge in [0.2, 0.25) is 17.6 Å². The molecule has 4 N–H and O–H groups in total. The molecule has 0 spiro atoms. The Labute approximate surface area is 246 Å². The molecule has 1 aromatic heterocycles. The van der Waals surface area contributed by atoms with Gasteiger partial charge >= 0.3 is 11.9 Å². The number of nitriles is 2. The molecule has 218 valence electrons. The Morgan fingerprint density at radius 3 is 2.09 bits per heavy atom. The first-order valence-corrected chi connectivity index (χ1v) is 12.5. The number of rotatable bonds is 10. The second-order valence-electron chi connectivity index (χ2n) is 8.36. The summed E-state index contributed by atoms with van der Waals surface area (Å²) in [4.78, 5) is 28.1. The van der Waals surface area contributed by atoms with Crippen LogP contribution in [0.15, 0.2) is 66.7 Å². The van der Waals surface area contributed by atoms with E-state index in [1.807, 2.05) is 6.92 Å². The molecule has 0 bridgehead atoms. The summed E-state index contributed by atoms with van der Waals surface area (Å²) in [6.45, 7) is 2.61. The second kappa shape index (κ2) is 14.9. The van der Waals surface area contributed by atoms with Crippen LogP contribution in [0.5, 0.6) is 23.1 Å². The van der Waals surface area contributed by atoms with Crippen molar-refractivity contribution in [2.75, 3.05) is 31.4 Å². The minimum Gasteiger partial charge on any atom is -0.493 e. The highest BCUT2D eigenvalue weighted by atomic mass is 16.5. The molecule has 0 amide bonds. The lowest BCUT2D eigenvalue weighted by atomic mass is 10.1. The van der Waals surface area contributed by atoms with Gasteiger partial charge in [-0.1, -0.05) is 0 Å². The average molecular weight is 583 g/mol. The summed E-state index contributed by atoms with van der Waals surface area (Å²) in [5, 5.41) is 41.7. The molecule has 1 heterocycles. The highest BCUT2D eigenvalue weighted by molar-refractivity contribution is 5.94. The predicted octanol–water partition coefficient (Wildman–Crippen LogP) is 5.07. The monoisotopic (exact) mass is 582 g/mol. The van der Waals surface area contributed by atoms with E-state index in [0.717, 1.165) is 16.5 Å². The zero-order valence-corrected chi connectivity index (χ0v) is 23.3. The third-order valence-corrected chi connectivity index (χ3v) is 5.47. The maximum absolute atomic E-state index is 9.55. The number of aliphatic carboxylic acids is 2. The number of hydrogen-bond acceptors (Lipinski definition) is 11. The normalized spacial score (nSPS) is 10.1. The summed E-state index contributed by atoms with van der Waals surface area (Å²) in [6, 6.07) is 19.9. The van der Waals surface area contributed by atoms with Crippen LogP contribution in [-0.4, -0.2) is 52.9 Å². The standard InChI is InChI=1S/C26H22N6O3.C4H4O4/c1-4-29-22-13-23(32-26(31-22)30-19-8-5-16(14-27)6-9-19)35-25-21(33-2)12-18-11-17(15-28)7-10-20(18)24(25)34-3;5-3(6)1-2-4(7)8/h5-13H,4H2,1-3H3,(H2,29,30,31,32);1-2H,(H,5,6)(H,7,8)/b;2-1-.